The van der Waals surface area contributed by atoms with E-state index in [0.717, 1.165) is 33.4 Å². The van der Waals surface area contributed by atoms with Crippen molar-refractivity contribution in [1.29, 1.82) is 0 Å². The number of thiazole rings is 1. The van der Waals surface area contributed by atoms with Gasteiger partial charge in [-0.25, -0.2) is 9.98 Å². The fourth-order valence-electron chi connectivity index (χ4n) is 1.90. The Hall–Kier alpha value is -1.88. The Kier molecular flexibility index (Phi) is 3.57. The molecule has 0 saturated heterocycles. The number of aromatic nitrogens is 1. The third-order valence-corrected chi connectivity index (χ3v) is 3.78. The summed E-state index contributed by atoms with van der Waals surface area (Å²) in [5, 5.41) is 2.98. The van der Waals surface area contributed by atoms with E-state index in [0.29, 0.717) is 5.75 Å². The number of methoxy groups -OCH3 is 2. The van der Waals surface area contributed by atoms with E-state index in [1.807, 2.05) is 24.4 Å². The molecular weight excluding hydrogens is 260 g/mol. The third-order valence-electron chi connectivity index (χ3n) is 2.81. The topological polar surface area (TPSA) is 43.7 Å². The molecule has 1 aliphatic rings. The van der Waals surface area contributed by atoms with Crippen LogP contribution in [-0.4, -0.2) is 24.9 Å². The van der Waals surface area contributed by atoms with Gasteiger partial charge in [-0.1, -0.05) is 7.43 Å². The summed E-state index contributed by atoms with van der Waals surface area (Å²) in [6.07, 6.45) is 0. The van der Waals surface area contributed by atoms with E-state index in [1.54, 1.807) is 25.6 Å². The third kappa shape index (κ3) is 2.10. The molecule has 0 unspecified atom stereocenters. The zero-order chi connectivity index (χ0) is 12.7. The molecule has 19 heavy (non-hydrogen) atoms. The molecule has 1 aromatic carbocycles. The van der Waals surface area contributed by atoms with Crippen molar-refractivity contribution in [2.75, 3.05) is 14.2 Å². The molecule has 2 heterocycles. The smallest absolute Gasteiger partial charge is 0.162 e. The van der Waals surface area contributed by atoms with Crippen molar-refractivity contribution < 1.29 is 9.47 Å². The van der Waals surface area contributed by atoms with Gasteiger partial charge in [0, 0.05) is 22.7 Å². The van der Waals surface area contributed by atoms with Crippen molar-refractivity contribution in [3.8, 4) is 11.5 Å². The lowest BCUT2D eigenvalue weighted by Crippen LogP contribution is -2.11. The second kappa shape index (κ2) is 5.01. The summed E-state index contributed by atoms with van der Waals surface area (Å²) in [4.78, 5) is 8.93. The maximum absolute atomic E-state index is 5.30. The van der Waals surface area contributed by atoms with Crippen molar-refractivity contribution in [2.24, 2.45) is 4.99 Å². The van der Waals surface area contributed by atoms with Gasteiger partial charge in [0.1, 0.15) is 10.7 Å². The van der Waals surface area contributed by atoms with Gasteiger partial charge in [0.2, 0.25) is 0 Å². The standard InChI is InChI=1S/C13H12N2O2S.CH4/c1-7-6-18-13(14-7)12-8-4-10(16-2)11(17-3)5-9(8)15-12;/h4-6H,1-3H3;1H4. The van der Waals surface area contributed by atoms with E-state index >= 15 is 0 Å². The highest BCUT2D eigenvalue weighted by atomic mass is 32.1. The molecule has 0 bridgehead atoms. The molecule has 5 heteroatoms. The van der Waals surface area contributed by atoms with Gasteiger partial charge in [0.25, 0.3) is 0 Å². The highest BCUT2D eigenvalue weighted by Gasteiger charge is 2.25. The van der Waals surface area contributed by atoms with Crippen molar-refractivity contribution >= 4 is 22.7 Å². The summed E-state index contributed by atoms with van der Waals surface area (Å²) >= 11 is 1.61. The molecule has 3 rings (SSSR count). The van der Waals surface area contributed by atoms with E-state index in [-0.39, 0.29) is 7.43 Å². The first-order valence-electron chi connectivity index (χ1n) is 5.50. The lowest BCUT2D eigenvalue weighted by molar-refractivity contribution is 0.355. The van der Waals surface area contributed by atoms with Gasteiger partial charge < -0.3 is 9.47 Å². The average molecular weight is 276 g/mol. The van der Waals surface area contributed by atoms with Gasteiger partial charge in [-0.15, -0.1) is 11.3 Å². The molecule has 0 N–H and O–H groups in total. The summed E-state index contributed by atoms with van der Waals surface area (Å²) < 4.78 is 10.5. The zero-order valence-electron chi connectivity index (χ0n) is 10.4. The van der Waals surface area contributed by atoms with Crippen LogP contribution < -0.4 is 9.47 Å². The average Bonchev–Trinajstić information content (AvgIpc) is 2.77. The largest absolute Gasteiger partial charge is 0.493 e. The van der Waals surface area contributed by atoms with Gasteiger partial charge in [-0.05, 0) is 13.0 Å². The molecule has 1 aromatic heterocycles. The van der Waals surface area contributed by atoms with Crippen LogP contribution in [-0.2, 0) is 0 Å². The van der Waals surface area contributed by atoms with E-state index in [4.69, 9.17) is 9.47 Å². The number of hydrogen-bond acceptors (Lipinski definition) is 5. The van der Waals surface area contributed by atoms with Crippen molar-refractivity contribution in [3.05, 3.63) is 33.8 Å². The molecular formula is C14H16N2O2S. The number of benzene rings is 1. The van der Waals surface area contributed by atoms with Crippen LogP contribution in [0.4, 0.5) is 5.69 Å². The highest BCUT2D eigenvalue weighted by Crippen LogP contribution is 2.41. The van der Waals surface area contributed by atoms with Gasteiger partial charge in [0.15, 0.2) is 11.5 Å². The van der Waals surface area contributed by atoms with Crippen molar-refractivity contribution in [1.82, 2.24) is 4.98 Å². The predicted molar refractivity (Wildman–Crippen MR) is 78.4 cm³/mol. The van der Waals surface area contributed by atoms with Crippen LogP contribution in [0, 0.1) is 6.92 Å². The predicted octanol–water partition coefficient (Wildman–Crippen LogP) is 3.59. The van der Waals surface area contributed by atoms with Gasteiger partial charge >= 0.3 is 0 Å². The van der Waals surface area contributed by atoms with Crippen LogP contribution in [0.25, 0.3) is 0 Å². The van der Waals surface area contributed by atoms with Gasteiger partial charge in [-0.2, -0.15) is 0 Å². The molecule has 0 aliphatic carbocycles. The molecule has 0 saturated carbocycles. The van der Waals surface area contributed by atoms with Crippen molar-refractivity contribution in [2.45, 2.75) is 14.4 Å². The minimum Gasteiger partial charge on any atom is -0.493 e. The Balaban J connectivity index is 0.00000133. The van der Waals surface area contributed by atoms with E-state index < -0.39 is 0 Å². The number of ether oxygens (including phenoxy) is 2. The van der Waals surface area contributed by atoms with E-state index in [9.17, 15) is 0 Å². The lowest BCUT2D eigenvalue weighted by atomic mass is 10.0. The minimum atomic E-state index is 0. The number of aliphatic imine (C=N–C) groups is 1. The number of aryl methyl sites for hydroxylation is 1. The SMILES string of the molecule is C.COc1cc2c(cc1OC)C(c1nc(C)cs1)=N2. The van der Waals surface area contributed by atoms with E-state index in [2.05, 4.69) is 9.98 Å². The Morgan fingerprint density at radius 2 is 1.79 bits per heavy atom. The van der Waals surface area contributed by atoms with Gasteiger partial charge in [-0.3, -0.25) is 0 Å². The molecule has 1 aliphatic heterocycles. The Labute approximate surface area is 116 Å². The fourth-order valence-corrected chi connectivity index (χ4v) is 2.70. The van der Waals surface area contributed by atoms with Crippen LogP contribution in [0.15, 0.2) is 22.5 Å². The van der Waals surface area contributed by atoms with Crippen LogP contribution in [0.3, 0.4) is 0 Å². The summed E-state index contributed by atoms with van der Waals surface area (Å²) in [6.45, 7) is 1.98. The summed E-state index contributed by atoms with van der Waals surface area (Å²) in [5.41, 5.74) is 3.95. The molecule has 100 valence electrons. The second-order valence-electron chi connectivity index (χ2n) is 3.98. The molecule has 4 nitrogen and oxygen atoms in total. The second-order valence-corrected chi connectivity index (χ2v) is 4.84. The van der Waals surface area contributed by atoms with Crippen LogP contribution in [0.2, 0.25) is 0 Å². The van der Waals surface area contributed by atoms with Crippen molar-refractivity contribution in [3.63, 3.8) is 0 Å². The fraction of sp³-hybridized carbons (Fsp3) is 0.286. The summed E-state index contributed by atoms with van der Waals surface area (Å²) in [6, 6.07) is 3.84. The molecule has 0 amide bonds. The molecule has 0 radical (unpaired) electrons. The first-order valence-corrected chi connectivity index (χ1v) is 6.38. The normalized spacial score (nSPS) is 11.8. The molecule has 0 atom stereocenters. The maximum Gasteiger partial charge on any atom is 0.162 e. The number of hydrogen-bond donors (Lipinski definition) is 0. The summed E-state index contributed by atoms with van der Waals surface area (Å²) in [5.74, 6) is 1.42. The van der Waals surface area contributed by atoms with Gasteiger partial charge in [0.05, 0.1) is 19.9 Å². The van der Waals surface area contributed by atoms with Crippen LogP contribution in [0.5, 0.6) is 11.5 Å². The first kappa shape index (κ1) is 13.5. The quantitative estimate of drug-likeness (QED) is 0.734. The maximum atomic E-state index is 5.30. The summed E-state index contributed by atoms with van der Waals surface area (Å²) in [7, 11) is 3.25. The Bertz CT molecular complexity index is 647. The molecule has 0 fully saturated rings. The Morgan fingerprint density at radius 3 is 2.37 bits per heavy atom. The molecule has 0 spiro atoms. The Morgan fingerprint density at radius 1 is 1.11 bits per heavy atom. The lowest BCUT2D eigenvalue weighted by Gasteiger charge is -2.19. The zero-order valence-corrected chi connectivity index (χ0v) is 11.2. The van der Waals surface area contributed by atoms with E-state index in [1.165, 1.54) is 0 Å². The highest BCUT2D eigenvalue weighted by molar-refractivity contribution is 7.12. The monoisotopic (exact) mass is 276 g/mol. The first-order chi connectivity index (χ1) is 8.72. The minimum absolute atomic E-state index is 0. The number of rotatable bonds is 3. The van der Waals surface area contributed by atoms with Crippen LogP contribution in [0.1, 0.15) is 23.7 Å². The number of nitrogens with zero attached hydrogens (tertiary/aromatic N) is 2. The molecule has 2 aromatic rings. The van der Waals surface area contributed by atoms with Crippen LogP contribution >= 0.6 is 11.3 Å². The number of fused-ring (bicyclic) bond motifs is 1.